The molecule has 2 aromatic carbocycles. The quantitative estimate of drug-likeness (QED) is 0.792. The van der Waals surface area contributed by atoms with Gasteiger partial charge in [0, 0.05) is 28.9 Å². The van der Waals surface area contributed by atoms with Crippen LogP contribution in [0.4, 0.5) is 5.69 Å². The van der Waals surface area contributed by atoms with Gasteiger partial charge in [-0.1, -0.05) is 24.9 Å². The minimum atomic E-state index is -3.52. The van der Waals surface area contributed by atoms with Crippen LogP contribution in [0, 0.1) is 0 Å². The number of anilines is 1. The molecule has 1 saturated heterocycles. The molecule has 0 unspecified atom stereocenters. The van der Waals surface area contributed by atoms with E-state index in [1.54, 1.807) is 52.8 Å². The van der Waals surface area contributed by atoms with Gasteiger partial charge in [0.15, 0.2) is 0 Å². The van der Waals surface area contributed by atoms with Gasteiger partial charge in [-0.3, -0.25) is 4.79 Å². The van der Waals surface area contributed by atoms with Crippen LogP contribution in [0.25, 0.3) is 0 Å². The summed E-state index contributed by atoms with van der Waals surface area (Å²) in [5, 5.41) is 3.32. The first kappa shape index (κ1) is 19.9. The maximum absolute atomic E-state index is 13.0. The molecule has 1 aliphatic rings. The standard InChI is InChI=1S/C20H23ClN2O3S/c1-2-18-5-3-4-14-23(18)27(25,26)19-12-10-17(11-13-19)22-20(24)15-6-8-16(21)9-7-15/h6-13,18H,2-5,14H2,1H3,(H,22,24)/t18-/m0/s1. The largest absolute Gasteiger partial charge is 0.322 e. The van der Waals surface area contributed by atoms with Crippen LogP contribution >= 0.6 is 11.6 Å². The van der Waals surface area contributed by atoms with Crippen LogP contribution in [0.1, 0.15) is 43.0 Å². The first-order valence-electron chi connectivity index (χ1n) is 9.10. The molecule has 0 aromatic heterocycles. The molecule has 0 bridgehead atoms. The number of carbonyl (C=O) groups is 1. The van der Waals surface area contributed by atoms with Gasteiger partial charge in [-0.2, -0.15) is 4.31 Å². The van der Waals surface area contributed by atoms with Crippen molar-refractivity contribution in [3.05, 3.63) is 59.1 Å². The number of nitrogens with zero attached hydrogens (tertiary/aromatic N) is 1. The van der Waals surface area contributed by atoms with Gasteiger partial charge in [0.1, 0.15) is 0 Å². The molecule has 0 radical (unpaired) electrons. The summed E-state index contributed by atoms with van der Waals surface area (Å²) in [5.74, 6) is -0.274. The molecule has 1 fully saturated rings. The van der Waals surface area contributed by atoms with E-state index < -0.39 is 10.0 Å². The van der Waals surface area contributed by atoms with E-state index in [2.05, 4.69) is 5.32 Å². The van der Waals surface area contributed by atoms with Crippen molar-refractivity contribution in [1.82, 2.24) is 4.31 Å². The molecule has 0 spiro atoms. The smallest absolute Gasteiger partial charge is 0.255 e. The summed E-state index contributed by atoms with van der Waals surface area (Å²) in [6.45, 7) is 2.59. The minimum absolute atomic E-state index is 0.0630. The predicted molar refractivity (Wildman–Crippen MR) is 108 cm³/mol. The third-order valence-electron chi connectivity index (χ3n) is 4.87. The maximum atomic E-state index is 13.0. The van der Waals surface area contributed by atoms with E-state index in [4.69, 9.17) is 11.6 Å². The Balaban J connectivity index is 1.74. The molecule has 7 heteroatoms. The summed E-state index contributed by atoms with van der Waals surface area (Å²) in [4.78, 5) is 12.5. The number of carbonyl (C=O) groups excluding carboxylic acids is 1. The van der Waals surface area contributed by atoms with Crippen molar-refractivity contribution in [1.29, 1.82) is 0 Å². The van der Waals surface area contributed by atoms with Crippen molar-refractivity contribution < 1.29 is 13.2 Å². The zero-order valence-corrected chi connectivity index (χ0v) is 16.8. The van der Waals surface area contributed by atoms with E-state index in [9.17, 15) is 13.2 Å². The number of rotatable bonds is 5. The summed E-state index contributed by atoms with van der Waals surface area (Å²) < 4.78 is 27.6. The maximum Gasteiger partial charge on any atom is 0.255 e. The highest BCUT2D eigenvalue weighted by atomic mass is 35.5. The molecule has 144 valence electrons. The summed E-state index contributed by atoms with van der Waals surface area (Å²) in [7, 11) is -3.52. The van der Waals surface area contributed by atoms with Gasteiger partial charge < -0.3 is 5.32 Å². The molecular weight excluding hydrogens is 384 g/mol. The van der Waals surface area contributed by atoms with Crippen molar-refractivity contribution in [3.63, 3.8) is 0 Å². The highest BCUT2D eigenvalue weighted by Gasteiger charge is 2.32. The molecule has 2 aromatic rings. The second-order valence-corrected chi connectivity index (χ2v) is 8.99. The normalized spacial score (nSPS) is 18.2. The monoisotopic (exact) mass is 406 g/mol. The van der Waals surface area contributed by atoms with Gasteiger partial charge in [-0.15, -0.1) is 0 Å². The van der Waals surface area contributed by atoms with Crippen molar-refractivity contribution in [2.24, 2.45) is 0 Å². The molecular formula is C20H23ClN2O3S. The summed E-state index contributed by atoms with van der Waals surface area (Å²) in [5.41, 5.74) is 1.02. The van der Waals surface area contributed by atoms with Crippen molar-refractivity contribution in [2.75, 3.05) is 11.9 Å². The van der Waals surface area contributed by atoms with Crippen LogP contribution in [0.5, 0.6) is 0 Å². The highest BCUT2D eigenvalue weighted by Crippen LogP contribution is 2.27. The van der Waals surface area contributed by atoms with E-state index in [1.165, 1.54) is 0 Å². The van der Waals surface area contributed by atoms with Gasteiger partial charge in [0.25, 0.3) is 5.91 Å². The first-order chi connectivity index (χ1) is 12.9. The lowest BCUT2D eigenvalue weighted by Crippen LogP contribution is -2.43. The number of piperidine rings is 1. The molecule has 1 N–H and O–H groups in total. The average Bonchev–Trinajstić information content (AvgIpc) is 2.69. The lowest BCUT2D eigenvalue weighted by molar-refractivity contribution is 0.102. The van der Waals surface area contributed by atoms with E-state index >= 15 is 0 Å². The van der Waals surface area contributed by atoms with Gasteiger partial charge in [-0.25, -0.2) is 8.42 Å². The Morgan fingerprint density at radius 1 is 1.11 bits per heavy atom. The molecule has 1 aliphatic heterocycles. The Morgan fingerprint density at radius 3 is 2.41 bits per heavy atom. The van der Waals surface area contributed by atoms with Crippen LogP contribution in [0.2, 0.25) is 5.02 Å². The van der Waals surface area contributed by atoms with E-state index in [-0.39, 0.29) is 16.8 Å². The number of nitrogens with one attached hydrogen (secondary N) is 1. The molecule has 3 rings (SSSR count). The Hall–Kier alpha value is -1.89. The molecule has 1 amide bonds. The Morgan fingerprint density at radius 2 is 1.78 bits per heavy atom. The summed E-state index contributed by atoms with van der Waals surface area (Å²) >= 11 is 5.83. The van der Waals surface area contributed by atoms with Crippen LogP contribution in [-0.2, 0) is 10.0 Å². The highest BCUT2D eigenvalue weighted by molar-refractivity contribution is 7.89. The Bertz CT molecular complexity index is 896. The van der Waals surface area contributed by atoms with Crippen molar-refractivity contribution in [3.8, 4) is 0 Å². The van der Waals surface area contributed by atoms with E-state index in [1.807, 2.05) is 6.92 Å². The number of halogens is 1. The lowest BCUT2D eigenvalue weighted by Gasteiger charge is -2.34. The third-order valence-corrected chi connectivity index (χ3v) is 7.09. The van der Waals surface area contributed by atoms with Crippen molar-refractivity contribution in [2.45, 2.75) is 43.5 Å². The number of hydrogen-bond donors (Lipinski definition) is 1. The first-order valence-corrected chi connectivity index (χ1v) is 10.9. The fourth-order valence-corrected chi connectivity index (χ4v) is 5.24. The zero-order chi connectivity index (χ0) is 19.4. The van der Waals surface area contributed by atoms with Gasteiger partial charge in [-0.05, 0) is 67.8 Å². The van der Waals surface area contributed by atoms with Crippen LogP contribution in [0.3, 0.4) is 0 Å². The minimum Gasteiger partial charge on any atom is -0.322 e. The third kappa shape index (κ3) is 4.51. The number of amides is 1. The van der Waals surface area contributed by atoms with Gasteiger partial charge in [0.2, 0.25) is 10.0 Å². The fourth-order valence-electron chi connectivity index (χ4n) is 3.35. The molecule has 27 heavy (non-hydrogen) atoms. The number of hydrogen-bond acceptors (Lipinski definition) is 3. The summed E-state index contributed by atoms with van der Waals surface area (Å²) in [6.07, 6.45) is 3.69. The topological polar surface area (TPSA) is 66.5 Å². The number of benzene rings is 2. The van der Waals surface area contributed by atoms with Crippen LogP contribution in [0.15, 0.2) is 53.4 Å². The Labute approximate surface area is 165 Å². The van der Waals surface area contributed by atoms with Gasteiger partial charge >= 0.3 is 0 Å². The zero-order valence-electron chi connectivity index (χ0n) is 15.2. The van der Waals surface area contributed by atoms with E-state index in [0.29, 0.717) is 22.8 Å². The lowest BCUT2D eigenvalue weighted by atomic mass is 10.0. The van der Waals surface area contributed by atoms with Crippen LogP contribution < -0.4 is 5.32 Å². The van der Waals surface area contributed by atoms with Gasteiger partial charge in [0.05, 0.1) is 4.90 Å². The fraction of sp³-hybridized carbons (Fsp3) is 0.350. The van der Waals surface area contributed by atoms with Crippen molar-refractivity contribution >= 4 is 33.2 Å². The number of sulfonamides is 1. The Kier molecular flexibility index (Phi) is 6.19. The van der Waals surface area contributed by atoms with E-state index in [0.717, 1.165) is 25.7 Å². The SMILES string of the molecule is CC[C@H]1CCCCN1S(=O)(=O)c1ccc(NC(=O)c2ccc(Cl)cc2)cc1. The molecule has 1 heterocycles. The molecule has 1 atom stereocenters. The second-order valence-electron chi connectivity index (χ2n) is 6.66. The summed E-state index contributed by atoms with van der Waals surface area (Å²) in [6, 6.07) is 13.0. The molecule has 5 nitrogen and oxygen atoms in total. The molecule has 0 saturated carbocycles. The average molecular weight is 407 g/mol. The second kappa shape index (κ2) is 8.42. The predicted octanol–water partition coefficient (Wildman–Crippen LogP) is 4.55. The molecule has 0 aliphatic carbocycles. The van der Waals surface area contributed by atoms with Crippen LogP contribution in [-0.4, -0.2) is 31.2 Å².